The zero-order valence-electron chi connectivity index (χ0n) is 10.6. The summed E-state index contributed by atoms with van der Waals surface area (Å²) in [6.07, 6.45) is -5.75. The van der Waals surface area contributed by atoms with Gasteiger partial charge in [-0.3, -0.25) is 4.79 Å². The van der Waals surface area contributed by atoms with Gasteiger partial charge in [0.05, 0.1) is 5.75 Å². The Morgan fingerprint density at radius 1 is 1.32 bits per heavy atom. The van der Waals surface area contributed by atoms with Crippen molar-refractivity contribution in [1.82, 2.24) is 10.0 Å². The Kier molecular flexibility index (Phi) is 7.30. The molecule has 1 amide bonds. The molecule has 1 unspecified atom stereocenters. The maximum Gasteiger partial charge on any atom is 0.411 e. The van der Waals surface area contributed by atoms with Crippen molar-refractivity contribution in [3.05, 3.63) is 0 Å². The minimum absolute atomic E-state index is 0.0300. The summed E-state index contributed by atoms with van der Waals surface area (Å²) in [4.78, 5) is 11.3. The van der Waals surface area contributed by atoms with Crippen LogP contribution < -0.4 is 10.0 Å². The van der Waals surface area contributed by atoms with Gasteiger partial charge in [-0.25, -0.2) is 13.1 Å². The summed E-state index contributed by atoms with van der Waals surface area (Å²) in [5.74, 6) is -0.827. The van der Waals surface area contributed by atoms with E-state index < -0.39 is 34.8 Å². The van der Waals surface area contributed by atoms with Crippen molar-refractivity contribution in [1.29, 1.82) is 0 Å². The van der Waals surface area contributed by atoms with Gasteiger partial charge in [0.1, 0.15) is 12.7 Å². The zero-order chi connectivity index (χ0) is 15.1. The van der Waals surface area contributed by atoms with Crippen molar-refractivity contribution in [2.75, 3.05) is 25.4 Å². The van der Waals surface area contributed by atoms with Crippen LogP contribution in [0.25, 0.3) is 0 Å². The molecule has 0 aliphatic rings. The Balaban J connectivity index is 3.86. The van der Waals surface area contributed by atoms with Gasteiger partial charge < -0.3 is 10.1 Å². The highest BCUT2D eigenvalue weighted by atomic mass is 32.2. The minimum Gasteiger partial charge on any atom is -0.359 e. The fourth-order valence-electron chi connectivity index (χ4n) is 0.933. The van der Waals surface area contributed by atoms with Gasteiger partial charge in [0.25, 0.3) is 0 Å². The molecule has 0 spiro atoms. The fourth-order valence-corrected chi connectivity index (χ4v) is 1.55. The third-order valence-electron chi connectivity index (χ3n) is 1.99. The lowest BCUT2D eigenvalue weighted by Crippen LogP contribution is -2.40. The van der Waals surface area contributed by atoms with Crippen LogP contribution in [0.15, 0.2) is 0 Å². The summed E-state index contributed by atoms with van der Waals surface area (Å²) in [6.45, 7) is 1.06. The summed E-state index contributed by atoms with van der Waals surface area (Å²) < 4.78 is 64.0. The Morgan fingerprint density at radius 2 is 1.89 bits per heavy atom. The monoisotopic (exact) mass is 306 g/mol. The molecule has 2 N–H and O–H groups in total. The smallest absolute Gasteiger partial charge is 0.359 e. The van der Waals surface area contributed by atoms with E-state index in [1.807, 2.05) is 0 Å². The molecular formula is C9H17F3N2O4S. The van der Waals surface area contributed by atoms with Crippen LogP contribution in [0.2, 0.25) is 0 Å². The van der Waals surface area contributed by atoms with Crippen molar-refractivity contribution >= 4 is 15.9 Å². The Morgan fingerprint density at radius 3 is 2.37 bits per heavy atom. The lowest BCUT2D eigenvalue weighted by atomic mass is 10.3. The number of hydrogen-bond donors (Lipinski definition) is 2. The molecule has 1 atom stereocenters. The van der Waals surface area contributed by atoms with Gasteiger partial charge in [-0.05, 0) is 13.8 Å². The predicted octanol–water partition coefficient (Wildman–Crippen LogP) is 0.00930. The zero-order valence-corrected chi connectivity index (χ0v) is 11.4. The Hall–Kier alpha value is -0.870. The van der Waals surface area contributed by atoms with Gasteiger partial charge in [-0.1, -0.05) is 0 Å². The number of amides is 1. The molecule has 0 fully saturated rings. The molecule has 0 saturated heterocycles. The Labute approximate surface area is 109 Å². The highest BCUT2D eigenvalue weighted by Crippen LogP contribution is 2.15. The third kappa shape index (κ3) is 9.68. The molecule has 6 nitrogen and oxygen atoms in total. The number of sulfonamides is 1. The average molecular weight is 306 g/mol. The number of carbonyl (C=O) groups is 1. The number of hydrogen-bond acceptors (Lipinski definition) is 4. The first-order chi connectivity index (χ1) is 8.57. The van der Waals surface area contributed by atoms with Crippen LogP contribution in [0.3, 0.4) is 0 Å². The van der Waals surface area contributed by atoms with Crippen molar-refractivity contribution in [2.24, 2.45) is 0 Å². The van der Waals surface area contributed by atoms with Gasteiger partial charge in [0, 0.05) is 13.1 Å². The van der Waals surface area contributed by atoms with E-state index in [1.54, 1.807) is 0 Å². The van der Waals surface area contributed by atoms with Crippen LogP contribution in [-0.4, -0.2) is 52.1 Å². The molecule has 19 heavy (non-hydrogen) atoms. The molecule has 114 valence electrons. The first kappa shape index (κ1) is 18.1. The third-order valence-corrected chi connectivity index (χ3v) is 3.40. The Bertz CT molecular complexity index is 383. The normalized spacial score (nSPS) is 14.2. The maximum absolute atomic E-state index is 11.8. The van der Waals surface area contributed by atoms with Crippen LogP contribution in [-0.2, 0) is 19.6 Å². The van der Waals surface area contributed by atoms with E-state index in [9.17, 15) is 26.4 Å². The summed E-state index contributed by atoms with van der Waals surface area (Å²) >= 11 is 0. The number of rotatable bonds is 8. The number of carbonyl (C=O) groups excluding carboxylic acids is 1. The van der Waals surface area contributed by atoms with Crippen LogP contribution in [0.1, 0.15) is 13.8 Å². The molecule has 0 bridgehead atoms. The molecule has 10 heteroatoms. The summed E-state index contributed by atoms with van der Waals surface area (Å²) in [5.41, 5.74) is 0. The van der Waals surface area contributed by atoms with E-state index >= 15 is 0 Å². The first-order valence-electron chi connectivity index (χ1n) is 5.51. The van der Waals surface area contributed by atoms with Crippen molar-refractivity contribution < 1.29 is 31.1 Å². The number of nitrogens with one attached hydrogen (secondary N) is 2. The highest BCUT2D eigenvalue weighted by molar-refractivity contribution is 7.89. The van der Waals surface area contributed by atoms with Gasteiger partial charge >= 0.3 is 6.18 Å². The van der Waals surface area contributed by atoms with E-state index in [2.05, 4.69) is 14.8 Å². The molecule has 0 aliphatic heterocycles. The minimum atomic E-state index is -4.49. The van der Waals surface area contributed by atoms with Gasteiger partial charge in [0.15, 0.2) is 0 Å². The van der Waals surface area contributed by atoms with Crippen LogP contribution in [0.5, 0.6) is 0 Å². The van der Waals surface area contributed by atoms with Crippen molar-refractivity contribution in [3.63, 3.8) is 0 Å². The SMILES string of the molecule is CCS(=O)(=O)NCCNC(=O)C(C)OCC(F)(F)F. The maximum atomic E-state index is 11.8. The largest absolute Gasteiger partial charge is 0.411 e. The lowest BCUT2D eigenvalue weighted by molar-refractivity contribution is -0.185. The van der Waals surface area contributed by atoms with Gasteiger partial charge in [-0.2, -0.15) is 13.2 Å². The fraction of sp³-hybridized carbons (Fsp3) is 0.889. The second-order valence-electron chi connectivity index (χ2n) is 3.66. The van der Waals surface area contributed by atoms with Crippen LogP contribution >= 0.6 is 0 Å². The molecule has 0 saturated carbocycles. The van der Waals surface area contributed by atoms with Gasteiger partial charge in [0.2, 0.25) is 15.9 Å². The molecule has 0 heterocycles. The van der Waals surface area contributed by atoms with E-state index in [1.165, 1.54) is 13.8 Å². The second-order valence-corrected chi connectivity index (χ2v) is 5.75. The predicted molar refractivity (Wildman–Crippen MR) is 61.9 cm³/mol. The lowest BCUT2D eigenvalue weighted by Gasteiger charge is -2.14. The summed E-state index contributed by atoms with van der Waals surface area (Å²) in [7, 11) is -3.35. The molecule has 0 radical (unpaired) electrons. The van der Waals surface area contributed by atoms with Crippen LogP contribution in [0.4, 0.5) is 13.2 Å². The number of alkyl halides is 3. The number of halogens is 3. The molecular weight excluding hydrogens is 289 g/mol. The number of ether oxygens (including phenoxy) is 1. The van der Waals surface area contributed by atoms with E-state index in [0.717, 1.165) is 0 Å². The first-order valence-corrected chi connectivity index (χ1v) is 7.16. The van der Waals surface area contributed by atoms with E-state index in [-0.39, 0.29) is 18.8 Å². The average Bonchev–Trinajstić information content (AvgIpc) is 2.30. The highest BCUT2D eigenvalue weighted by Gasteiger charge is 2.29. The second kappa shape index (κ2) is 7.65. The molecule has 0 aliphatic carbocycles. The van der Waals surface area contributed by atoms with Gasteiger partial charge in [-0.15, -0.1) is 0 Å². The van der Waals surface area contributed by atoms with E-state index in [0.29, 0.717) is 0 Å². The topological polar surface area (TPSA) is 84.5 Å². The summed E-state index contributed by atoms with van der Waals surface area (Å²) in [5, 5.41) is 2.26. The molecule has 0 aromatic rings. The summed E-state index contributed by atoms with van der Waals surface area (Å²) in [6, 6.07) is 0. The van der Waals surface area contributed by atoms with Crippen LogP contribution in [0, 0.1) is 0 Å². The quantitative estimate of drug-likeness (QED) is 0.619. The van der Waals surface area contributed by atoms with Crippen molar-refractivity contribution in [2.45, 2.75) is 26.1 Å². The van der Waals surface area contributed by atoms with Crippen molar-refractivity contribution in [3.8, 4) is 0 Å². The molecule has 0 aromatic carbocycles. The molecule has 0 aromatic heterocycles. The van der Waals surface area contributed by atoms with E-state index in [4.69, 9.17) is 0 Å². The molecule has 0 rings (SSSR count). The standard InChI is InChI=1S/C9H17F3N2O4S/c1-3-19(16,17)14-5-4-13-8(15)7(2)18-6-9(10,11)12/h7,14H,3-6H2,1-2H3,(H,13,15).